The molecule has 1 amide bonds. The quantitative estimate of drug-likeness (QED) is 0.664. The number of aryl methyl sites for hydroxylation is 1. The smallest absolute Gasteiger partial charge is 0.234 e. The van der Waals surface area contributed by atoms with Gasteiger partial charge >= 0.3 is 0 Å². The molecule has 1 saturated heterocycles. The molecule has 1 aromatic heterocycles. The summed E-state index contributed by atoms with van der Waals surface area (Å²) in [5.74, 6) is 3.26. The number of benzene rings is 2. The maximum absolute atomic E-state index is 12.4. The summed E-state index contributed by atoms with van der Waals surface area (Å²) in [6, 6.07) is 14.1. The maximum Gasteiger partial charge on any atom is 0.234 e. The molecule has 0 atom stereocenters. The van der Waals surface area contributed by atoms with Crippen LogP contribution in [-0.2, 0) is 17.9 Å². The van der Waals surface area contributed by atoms with Gasteiger partial charge in [-0.1, -0.05) is 18.2 Å². The minimum Gasteiger partial charge on any atom is -0.454 e. The summed E-state index contributed by atoms with van der Waals surface area (Å²) >= 11 is 0. The summed E-state index contributed by atoms with van der Waals surface area (Å²) in [5.41, 5.74) is 3.29. The SMILES string of the molecule is Cc1nc2ccccc2n1CC1CCN(CC(=O)NCc2ccc3c(c2)OCO3)CC1. The van der Waals surface area contributed by atoms with Crippen molar-refractivity contribution in [1.29, 1.82) is 0 Å². The number of likely N-dealkylation sites (tertiary alicyclic amines) is 1. The van der Waals surface area contributed by atoms with Gasteiger partial charge in [0.15, 0.2) is 11.5 Å². The zero-order valence-corrected chi connectivity index (χ0v) is 17.8. The fourth-order valence-corrected chi connectivity index (χ4v) is 4.52. The topological polar surface area (TPSA) is 68.6 Å². The molecule has 3 heterocycles. The van der Waals surface area contributed by atoms with Gasteiger partial charge < -0.3 is 19.4 Å². The van der Waals surface area contributed by atoms with Crippen molar-refractivity contribution >= 4 is 16.9 Å². The number of carbonyl (C=O) groups is 1. The van der Waals surface area contributed by atoms with Crippen LogP contribution in [0.2, 0.25) is 0 Å². The van der Waals surface area contributed by atoms with E-state index in [9.17, 15) is 4.79 Å². The maximum atomic E-state index is 12.4. The van der Waals surface area contributed by atoms with Crippen LogP contribution in [0.25, 0.3) is 11.0 Å². The average Bonchev–Trinajstić information content (AvgIpc) is 3.37. The molecule has 1 fully saturated rings. The van der Waals surface area contributed by atoms with Crippen molar-refractivity contribution in [2.75, 3.05) is 26.4 Å². The van der Waals surface area contributed by atoms with Crippen molar-refractivity contribution in [1.82, 2.24) is 19.8 Å². The molecule has 7 nitrogen and oxygen atoms in total. The van der Waals surface area contributed by atoms with Crippen LogP contribution >= 0.6 is 0 Å². The van der Waals surface area contributed by atoms with Gasteiger partial charge in [-0.05, 0) is 68.6 Å². The van der Waals surface area contributed by atoms with Crippen LogP contribution in [0.15, 0.2) is 42.5 Å². The van der Waals surface area contributed by atoms with Gasteiger partial charge in [0.05, 0.1) is 17.6 Å². The Labute approximate surface area is 182 Å². The lowest BCUT2D eigenvalue weighted by Crippen LogP contribution is -2.41. The average molecular weight is 421 g/mol. The number of nitrogens with one attached hydrogen (secondary N) is 1. The molecule has 2 aliphatic heterocycles. The summed E-state index contributed by atoms with van der Waals surface area (Å²) < 4.78 is 13.1. The molecule has 1 N–H and O–H groups in total. The minimum absolute atomic E-state index is 0.0626. The lowest BCUT2D eigenvalue weighted by molar-refractivity contribution is -0.122. The van der Waals surface area contributed by atoms with Gasteiger partial charge in [0.1, 0.15) is 5.82 Å². The summed E-state index contributed by atoms with van der Waals surface area (Å²) in [6.45, 7) is 6.19. The summed E-state index contributed by atoms with van der Waals surface area (Å²) in [6.07, 6.45) is 2.20. The summed E-state index contributed by atoms with van der Waals surface area (Å²) in [7, 11) is 0. The van der Waals surface area contributed by atoms with Gasteiger partial charge in [0, 0.05) is 13.1 Å². The number of fused-ring (bicyclic) bond motifs is 2. The first-order valence-corrected chi connectivity index (χ1v) is 10.9. The van der Waals surface area contributed by atoms with E-state index < -0.39 is 0 Å². The highest BCUT2D eigenvalue weighted by Crippen LogP contribution is 2.32. The van der Waals surface area contributed by atoms with E-state index in [4.69, 9.17) is 9.47 Å². The van der Waals surface area contributed by atoms with Crippen LogP contribution < -0.4 is 14.8 Å². The lowest BCUT2D eigenvalue weighted by Gasteiger charge is -2.31. The third-order valence-corrected chi connectivity index (χ3v) is 6.29. The Morgan fingerprint density at radius 3 is 2.81 bits per heavy atom. The Hall–Kier alpha value is -3.06. The molecule has 31 heavy (non-hydrogen) atoms. The highest BCUT2D eigenvalue weighted by Gasteiger charge is 2.22. The van der Waals surface area contributed by atoms with Crippen molar-refractivity contribution in [3.05, 3.63) is 53.9 Å². The predicted molar refractivity (Wildman–Crippen MR) is 118 cm³/mol. The second-order valence-corrected chi connectivity index (χ2v) is 8.44. The number of piperidine rings is 1. The zero-order chi connectivity index (χ0) is 21.2. The van der Waals surface area contributed by atoms with Crippen molar-refractivity contribution in [3.8, 4) is 11.5 Å². The van der Waals surface area contributed by atoms with E-state index in [0.29, 0.717) is 19.0 Å². The summed E-state index contributed by atoms with van der Waals surface area (Å²) in [5, 5.41) is 3.02. The van der Waals surface area contributed by atoms with Gasteiger partial charge in [-0.25, -0.2) is 4.98 Å². The van der Waals surface area contributed by atoms with E-state index in [1.54, 1.807) is 0 Å². The number of amides is 1. The van der Waals surface area contributed by atoms with E-state index in [1.807, 2.05) is 24.3 Å². The number of nitrogens with zero attached hydrogens (tertiary/aromatic N) is 3. The van der Waals surface area contributed by atoms with Gasteiger partial charge in [-0.15, -0.1) is 0 Å². The molecule has 5 rings (SSSR count). The number of carbonyl (C=O) groups excluding carboxylic acids is 1. The second-order valence-electron chi connectivity index (χ2n) is 8.44. The molecule has 0 aliphatic carbocycles. The van der Waals surface area contributed by atoms with E-state index in [1.165, 1.54) is 5.52 Å². The Morgan fingerprint density at radius 2 is 1.94 bits per heavy atom. The van der Waals surface area contributed by atoms with Crippen molar-refractivity contribution in [2.45, 2.75) is 32.9 Å². The third kappa shape index (κ3) is 4.37. The van der Waals surface area contributed by atoms with Gasteiger partial charge in [0.2, 0.25) is 12.7 Å². The Balaban J connectivity index is 1.09. The van der Waals surface area contributed by atoms with Crippen molar-refractivity contribution < 1.29 is 14.3 Å². The van der Waals surface area contributed by atoms with E-state index in [0.717, 1.165) is 60.9 Å². The number of hydrogen-bond donors (Lipinski definition) is 1. The molecular formula is C24H28N4O3. The molecule has 0 bridgehead atoms. The molecule has 0 spiro atoms. The van der Waals surface area contributed by atoms with Crippen molar-refractivity contribution in [3.63, 3.8) is 0 Å². The van der Waals surface area contributed by atoms with Gasteiger partial charge in [-0.3, -0.25) is 9.69 Å². The van der Waals surface area contributed by atoms with Gasteiger partial charge in [0.25, 0.3) is 0 Å². The standard InChI is InChI=1S/C24H28N4O3/c1-17-26-20-4-2-3-5-21(20)28(17)14-18-8-10-27(11-9-18)15-24(29)25-13-19-6-7-22-23(12-19)31-16-30-22/h2-7,12,18H,8-11,13-16H2,1H3,(H,25,29). The van der Waals surface area contributed by atoms with Crippen molar-refractivity contribution in [2.24, 2.45) is 5.92 Å². The normalized spacial score (nSPS) is 16.7. The zero-order valence-electron chi connectivity index (χ0n) is 17.8. The number of hydrogen-bond acceptors (Lipinski definition) is 5. The monoisotopic (exact) mass is 420 g/mol. The highest BCUT2D eigenvalue weighted by molar-refractivity contribution is 5.78. The van der Waals surface area contributed by atoms with Crippen LogP contribution in [0.1, 0.15) is 24.2 Å². The Kier molecular flexibility index (Phi) is 5.51. The molecule has 2 aromatic carbocycles. The fourth-order valence-electron chi connectivity index (χ4n) is 4.52. The molecule has 3 aromatic rings. The number of rotatable bonds is 6. The molecule has 0 radical (unpaired) electrons. The largest absolute Gasteiger partial charge is 0.454 e. The van der Waals surface area contributed by atoms with Crippen LogP contribution in [0.4, 0.5) is 0 Å². The van der Waals surface area contributed by atoms with Crippen LogP contribution in [-0.4, -0.2) is 46.8 Å². The minimum atomic E-state index is 0.0626. The molecule has 162 valence electrons. The van der Waals surface area contributed by atoms with E-state index >= 15 is 0 Å². The first kappa shape index (κ1) is 19.9. The molecule has 2 aliphatic rings. The van der Waals surface area contributed by atoms with Crippen LogP contribution in [0, 0.1) is 12.8 Å². The lowest BCUT2D eigenvalue weighted by atomic mass is 9.96. The van der Waals surface area contributed by atoms with E-state index in [2.05, 4.69) is 44.9 Å². The molecule has 0 saturated carbocycles. The molecular weight excluding hydrogens is 392 g/mol. The van der Waals surface area contributed by atoms with Gasteiger partial charge in [-0.2, -0.15) is 0 Å². The Morgan fingerprint density at radius 1 is 1.13 bits per heavy atom. The second kappa shape index (κ2) is 8.59. The number of para-hydroxylation sites is 2. The molecule has 0 unspecified atom stereocenters. The molecule has 7 heteroatoms. The van der Waals surface area contributed by atoms with Crippen LogP contribution in [0.3, 0.4) is 0 Å². The number of ether oxygens (including phenoxy) is 2. The van der Waals surface area contributed by atoms with E-state index in [-0.39, 0.29) is 12.7 Å². The fraction of sp³-hybridized carbons (Fsp3) is 0.417. The first-order chi connectivity index (χ1) is 15.2. The first-order valence-electron chi connectivity index (χ1n) is 10.9. The Bertz CT molecular complexity index is 1090. The highest BCUT2D eigenvalue weighted by atomic mass is 16.7. The number of aromatic nitrogens is 2. The third-order valence-electron chi connectivity index (χ3n) is 6.29. The number of imidazole rings is 1. The summed E-state index contributed by atoms with van der Waals surface area (Å²) in [4.78, 5) is 19.4. The predicted octanol–water partition coefficient (Wildman–Crippen LogP) is 3.10. The van der Waals surface area contributed by atoms with Crippen LogP contribution in [0.5, 0.6) is 11.5 Å².